The molecular weight excluding hydrogens is 569 g/mol. The van der Waals surface area contributed by atoms with Crippen molar-refractivity contribution in [3.63, 3.8) is 0 Å². The van der Waals surface area contributed by atoms with Crippen LogP contribution in [0.5, 0.6) is 0 Å². The molecule has 4 nitrogen and oxygen atoms in total. The molecule has 1 amide bonds. The Morgan fingerprint density at radius 1 is 0.865 bits per heavy atom. The Kier molecular flexibility index (Phi) is 9.79. The van der Waals surface area contributed by atoms with Gasteiger partial charge in [-0.1, -0.05) is 89.3 Å². The van der Waals surface area contributed by atoms with Gasteiger partial charge in [0, 0.05) is 54.8 Å². The largest absolute Gasteiger partial charge is 0.339 e. The van der Waals surface area contributed by atoms with Gasteiger partial charge < -0.3 is 4.90 Å². The third kappa shape index (κ3) is 6.62. The van der Waals surface area contributed by atoms with Gasteiger partial charge in [0.05, 0.1) is 6.04 Å². The van der Waals surface area contributed by atoms with E-state index in [1.54, 1.807) is 0 Å². The van der Waals surface area contributed by atoms with Crippen molar-refractivity contribution in [2.45, 2.75) is 56.8 Å². The number of carbonyl (C=O) groups is 1. The van der Waals surface area contributed by atoms with E-state index in [1.165, 1.54) is 22.3 Å². The van der Waals surface area contributed by atoms with Crippen LogP contribution in [0.2, 0.25) is 0 Å². The molecule has 0 aliphatic carbocycles. The van der Waals surface area contributed by atoms with Gasteiger partial charge in [0.1, 0.15) is 0 Å². The van der Waals surface area contributed by atoms with Gasteiger partial charge in [-0.05, 0) is 62.1 Å². The summed E-state index contributed by atoms with van der Waals surface area (Å²) in [5, 5.41) is 0. The molecule has 5 heteroatoms. The van der Waals surface area contributed by atoms with Crippen LogP contribution in [0.3, 0.4) is 0 Å². The fourth-order valence-corrected chi connectivity index (χ4v) is 6.04. The second-order valence-corrected chi connectivity index (χ2v) is 11.0. The molecule has 37 heavy (non-hydrogen) atoms. The first-order valence-corrected chi connectivity index (χ1v) is 15.0. The number of piperazine rings is 1. The van der Waals surface area contributed by atoms with Gasteiger partial charge in [0.25, 0.3) is 5.91 Å². The topological polar surface area (TPSA) is 26.8 Å². The molecule has 3 aromatic carbocycles. The summed E-state index contributed by atoms with van der Waals surface area (Å²) >= 11 is 2.44. The minimum Gasteiger partial charge on any atom is -0.339 e. The van der Waals surface area contributed by atoms with E-state index in [-0.39, 0.29) is 11.9 Å². The van der Waals surface area contributed by atoms with Crippen LogP contribution >= 0.6 is 22.6 Å². The highest BCUT2D eigenvalue weighted by Gasteiger charge is 2.34. The Hall–Kier alpha value is -2.22. The fraction of sp³-hybridized carbons (Fsp3) is 0.406. The van der Waals surface area contributed by atoms with E-state index in [1.807, 2.05) is 30.9 Å². The lowest BCUT2D eigenvalue weighted by molar-refractivity contribution is 0.0195. The van der Waals surface area contributed by atoms with Gasteiger partial charge in [-0.2, -0.15) is 0 Å². The maximum absolute atomic E-state index is 12.9. The van der Waals surface area contributed by atoms with Crippen molar-refractivity contribution >= 4 is 28.5 Å². The molecule has 196 valence electrons. The highest BCUT2D eigenvalue weighted by atomic mass is 127. The van der Waals surface area contributed by atoms with Crippen molar-refractivity contribution in [3.8, 4) is 0 Å². The molecule has 1 aliphatic heterocycles. The van der Waals surface area contributed by atoms with E-state index in [0.717, 1.165) is 42.7 Å². The Morgan fingerprint density at radius 3 is 2.16 bits per heavy atom. The zero-order valence-electron chi connectivity index (χ0n) is 22.6. The summed E-state index contributed by atoms with van der Waals surface area (Å²) < 4.78 is 1.05. The number of alkyl halides is 1. The van der Waals surface area contributed by atoms with Crippen LogP contribution in [-0.4, -0.2) is 58.9 Å². The summed E-state index contributed by atoms with van der Waals surface area (Å²) in [7, 11) is 0. The molecule has 1 heterocycles. The Balaban J connectivity index is 1.57. The second kappa shape index (κ2) is 13.0. The second-order valence-electron chi connectivity index (χ2n) is 10.2. The molecule has 0 spiro atoms. The highest BCUT2D eigenvalue weighted by Crippen LogP contribution is 2.34. The molecule has 1 aliphatic rings. The normalized spacial score (nSPS) is 19.5. The first-order chi connectivity index (χ1) is 17.9. The van der Waals surface area contributed by atoms with E-state index in [0.29, 0.717) is 12.1 Å². The van der Waals surface area contributed by atoms with Gasteiger partial charge in [0.2, 0.25) is 0 Å². The summed E-state index contributed by atoms with van der Waals surface area (Å²) in [5.74, 6) is 0.107. The van der Waals surface area contributed by atoms with E-state index in [2.05, 4.69) is 113 Å². The van der Waals surface area contributed by atoms with Crippen LogP contribution in [0, 0.1) is 0 Å². The minimum atomic E-state index is 0.107. The fourth-order valence-electron chi connectivity index (χ4n) is 5.56. The van der Waals surface area contributed by atoms with Crippen molar-refractivity contribution in [2.24, 2.45) is 0 Å². The standard InChI is InChI=1S/C32H40IN3O/c1-5-34(6-2)32(37)30-17-15-29(16-18-30)31(28-13-8-7-9-14-28)36-22-24(3)35(21-25(36)4)23-27-12-10-11-26(19-27)20-33/h7-19,24-25,31H,5-6,20-23H2,1-4H3/t24-,25+,31?/m1/s1. The third-order valence-electron chi connectivity index (χ3n) is 7.67. The summed E-state index contributed by atoms with van der Waals surface area (Å²) in [6, 6.07) is 29.2. The number of rotatable bonds is 9. The van der Waals surface area contributed by atoms with Crippen LogP contribution in [0.15, 0.2) is 78.9 Å². The Labute approximate surface area is 236 Å². The third-order valence-corrected chi connectivity index (χ3v) is 8.55. The van der Waals surface area contributed by atoms with Crippen LogP contribution in [0.25, 0.3) is 0 Å². The maximum Gasteiger partial charge on any atom is 0.253 e. The summed E-state index contributed by atoms with van der Waals surface area (Å²) in [6.45, 7) is 13.2. The van der Waals surface area contributed by atoms with Gasteiger partial charge in [0.15, 0.2) is 0 Å². The SMILES string of the molecule is CCN(CC)C(=O)c1ccc(C(c2ccccc2)N2C[C@@H](C)N(Cc3cccc(CI)c3)C[C@@H]2C)cc1. The molecule has 3 atom stereocenters. The maximum atomic E-state index is 12.9. The van der Waals surface area contributed by atoms with Gasteiger partial charge in [-0.25, -0.2) is 0 Å². The number of nitrogens with zero attached hydrogens (tertiary/aromatic N) is 3. The Morgan fingerprint density at radius 2 is 1.51 bits per heavy atom. The number of hydrogen-bond acceptors (Lipinski definition) is 3. The number of halogens is 1. The van der Waals surface area contributed by atoms with Gasteiger partial charge in [-0.15, -0.1) is 0 Å². The van der Waals surface area contributed by atoms with Crippen molar-refractivity contribution in [1.29, 1.82) is 0 Å². The van der Waals surface area contributed by atoms with Crippen molar-refractivity contribution < 1.29 is 4.79 Å². The zero-order chi connectivity index (χ0) is 26.4. The van der Waals surface area contributed by atoms with Crippen LogP contribution in [0.4, 0.5) is 0 Å². The molecule has 0 radical (unpaired) electrons. The van der Waals surface area contributed by atoms with Crippen molar-refractivity contribution in [1.82, 2.24) is 14.7 Å². The molecule has 1 fully saturated rings. The predicted octanol–water partition coefficient (Wildman–Crippen LogP) is 6.79. The zero-order valence-corrected chi connectivity index (χ0v) is 24.8. The van der Waals surface area contributed by atoms with Crippen LogP contribution in [-0.2, 0) is 11.0 Å². The van der Waals surface area contributed by atoms with E-state index < -0.39 is 0 Å². The molecule has 1 saturated heterocycles. The predicted molar refractivity (Wildman–Crippen MR) is 162 cm³/mol. The van der Waals surface area contributed by atoms with Gasteiger partial charge in [-0.3, -0.25) is 14.6 Å². The quantitative estimate of drug-likeness (QED) is 0.198. The molecule has 1 unspecified atom stereocenters. The van der Waals surface area contributed by atoms with E-state index in [9.17, 15) is 4.79 Å². The van der Waals surface area contributed by atoms with E-state index in [4.69, 9.17) is 0 Å². The molecule has 0 bridgehead atoms. The molecule has 0 saturated carbocycles. The first kappa shape index (κ1) is 27.8. The first-order valence-electron chi connectivity index (χ1n) is 13.5. The monoisotopic (exact) mass is 609 g/mol. The summed E-state index contributed by atoms with van der Waals surface area (Å²) in [4.78, 5) is 20.0. The molecule has 4 rings (SSSR count). The number of carbonyl (C=O) groups excluding carboxylic acids is 1. The Bertz CT molecular complexity index is 1150. The van der Waals surface area contributed by atoms with Crippen molar-refractivity contribution in [2.75, 3.05) is 26.2 Å². The number of amides is 1. The lowest BCUT2D eigenvalue weighted by atomic mass is 9.92. The summed E-state index contributed by atoms with van der Waals surface area (Å²) in [6.07, 6.45) is 0. The number of benzene rings is 3. The minimum absolute atomic E-state index is 0.107. The molecule has 0 aromatic heterocycles. The molecule has 0 N–H and O–H groups in total. The lowest BCUT2D eigenvalue weighted by Gasteiger charge is -2.47. The average molecular weight is 610 g/mol. The lowest BCUT2D eigenvalue weighted by Crippen LogP contribution is -2.56. The van der Waals surface area contributed by atoms with Crippen molar-refractivity contribution in [3.05, 3.63) is 107 Å². The highest BCUT2D eigenvalue weighted by molar-refractivity contribution is 14.1. The van der Waals surface area contributed by atoms with Gasteiger partial charge >= 0.3 is 0 Å². The average Bonchev–Trinajstić information content (AvgIpc) is 2.93. The molecular formula is C32H40IN3O. The van der Waals surface area contributed by atoms with Crippen LogP contribution in [0.1, 0.15) is 66.3 Å². The van der Waals surface area contributed by atoms with E-state index >= 15 is 0 Å². The smallest absolute Gasteiger partial charge is 0.253 e. The number of hydrogen-bond donors (Lipinski definition) is 0. The summed E-state index contributed by atoms with van der Waals surface area (Å²) in [5.41, 5.74) is 6.09. The van der Waals surface area contributed by atoms with Crippen LogP contribution < -0.4 is 0 Å². The molecule has 3 aromatic rings.